The van der Waals surface area contributed by atoms with Crippen LogP contribution in [0.4, 0.5) is 5.13 Å². The van der Waals surface area contributed by atoms with E-state index in [4.69, 9.17) is 4.74 Å². The van der Waals surface area contributed by atoms with Gasteiger partial charge in [0.25, 0.3) is 0 Å². The molecule has 0 unspecified atom stereocenters. The molecule has 1 aromatic heterocycles. The molecule has 1 saturated heterocycles. The highest BCUT2D eigenvalue weighted by molar-refractivity contribution is 7.13. The number of carbonyl (C=O) groups excluding carboxylic acids is 1. The predicted molar refractivity (Wildman–Crippen MR) is 56.9 cm³/mol. The first kappa shape index (κ1) is 10.4. The van der Waals surface area contributed by atoms with Crippen LogP contribution >= 0.6 is 11.3 Å². The molecule has 15 heavy (non-hydrogen) atoms. The van der Waals surface area contributed by atoms with E-state index in [-0.39, 0.29) is 11.9 Å². The third-order valence-corrected chi connectivity index (χ3v) is 3.40. The monoisotopic (exact) mass is 227 g/mol. The zero-order valence-electron chi connectivity index (χ0n) is 8.55. The van der Waals surface area contributed by atoms with Crippen molar-refractivity contribution in [1.82, 2.24) is 10.2 Å². The van der Waals surface area contributed by atoms with Gasteiger partial charge in [-0.2, -0.15) is 0 Å². The molecule has 2 rings (SSSR count). The average molecular weight is 227 g/mol. The maximum absolute atomic E-state index is 11.3. The Hall–Kier alpha value is -1.17. The van der Waals surface area contributed by atoms with E-state index in [1.54, 1.807) is 5.51 Å². The van der Waals surface area contributed by atoms with Gasteiger partial charge in [-0.1, -0.05) is 11.3 Å². The van der Waals surface area contributed by atoms with E-state index >= 15 is 0 Å². The molecule has 0 aromatic carbocycles. The molecule has 1 aromatic rings. The van der Waals surface area contributed by atoms with Gasteiger partial charge in [0.1, 0.15) is 5.51 Å². The van der Waals surface area contributed by atoms with E-state index in [0.717, 1.165) is 31.1 Å². The Bertz CT molecular complexity index is 320. The summed E-state index contributed by atoms with van der Waals surface area (Å²) in [6.45, 7) is 1.71. The minimum Gasteiger partial charge on any atom is -0.469 e. The van der Waals surface area contributed by atoms with Gasteiger partial charge in [-0.25, -0.2) is 0 Å². The third-order valence-electron chi connectivity index (χ3n) is 2.65. The largest absolute Gasteiger partial charge is 0.469 e. The lowest BCUT2D eigenvalue weighted by atomic mass is 9.97. The highest BCUT2D eigenvalue weighted by Gasteiger charge is 2.26. The molecule has 82 valence electrons. The van der Waals surface area contributed by atoms with Crippen LogP contribution in [0.5, 0.6) is 0 Å². The summed E-state index contributed by atoms with van der Waals surface area (Å²) < 4.78 is 4.73. The third kappa shape index (κ3) is 2.26. The van der Waals surface area contributed by atoms with Crippen molar-refractivity contribution < 1.29 is 9.53 Å². The van der Waals surface area contributed by atoms with Gasteiger partial charge in [-0.05, 0) is 12.8 Å². The Morgan fingerprint density at radius 3 is 2.87 bits per heavy atom. The summed E-state index contributed by atoms with van der Waals surface area (Å²) in [5.41, 5.74) is 1.72. The molecular formula is C9H13N3O2S. The molecule has 0 atom stereocenters. The first-order valence-electron chi connectivity index (χ1n) is 4.90. The zero-order valence-corrected chi connectivity index (χ0v) is 9.37. The molecule has 0 amide bonds. The Balaban J connectivity index is 1.90. The van der Waals surface area contributed by atoms with Crippen LogP contribution in [-0.2, 0) is 9.53 Å². The summed E-state index contributed by atoms with van der Waals surface area (Å²) in [7, 11) is 1.44. The lowest BCUT2D eigenvalue weighted by Crippen LogP contribution is -2.36. The quantitative estimate of drug-likeness (QED) is 0.703. The van der Waals surface area contributed by atoms with Crippen LogP contribution < -0.4 is 4.90 Å². The number of nitrogens with zero attached hydrogens (tertiary/aromatic N) is 3. The van der Waals surface area contributed by atoms with Crippen LogP contribution in [0.15, 0.2) is 5.51 Å². The molecule has 0 saturated carbocycles. The smallest absolute Gasteiger partial charge is 0.308 e. The van der Waals surface area contributed by atoms with Gasteiger partial charge in [-0.3, -0.25) is 4.79 Å². The second-order valence-corrected chi connectivity index (χ2v) is 4.32. The molecule has 1 aliphatic heterocycles. The van der Waals surface area contributed by atoms with Gasteiger partial charge >= 0.3 is 5.97 Å². The number of methoxy groups -OCH3 is 1. The van der Waals surface area contributed by atoms with Crippen molar-refractivity contribution in [3.05, 3.63) is 5.51 Å². The van der Waals surface area contributed by atoms with Gasteiger partial charge in [0, 0.05) is 13.1 Å². The van der Waals surface area contributed by atoms with Crippen molar-refractivity contribution in [1.29, 1.82) is 0 Å². The molecular weight excluding hydrogens is 214 g/mol. The molecule has 0 radical (unpaired) electrons. The highest BCUT2D eigenvalue weighted by Crippen LogP contribution is 2.24. The highest BCUT2D eigenvalue weighted by atomic mass is 32.1. The van der Waals surface area contributed by atoms with Crippen LogP contribution in [0.2, 0.25) is 0 Å². The topological polar surface area (TPSA) is 55.3 Å². The summed E-state index contributed by atoms with van der Waals surface area (Å²) in [5, 5.41) is 8.75. The fourth-order valence-electron chi connectivity index (χ4n) is 1.78. The van der Waals surface area contributed by atoms with Gasteiger partial charge in [0.05, 0.1) is 13.0 Å². The summed E-state index contributed by atoms with van der Waals surface area (Å²) in [6.07, 6.45) is 1.68. The van der Waals surface area contributed by atoms with E-state index in [0.29, 0.717) is 0 Å². The molecule has 0 N–H and O–H groups in total. The fraction of sp³-hybridized carbons (Fsp3) is 0.667. The molecule has 2 heterocycles. The van der Waals surface area contributed by atoms with Crippen molar-refractivity contribution in [2.24, 2.45) is 5.92 Å². The van der Waals surface area contributed by atoms with Crippen molar-refractivity contribution >= 4 is 22.4 Å². The second kappa shape index (κ2) is 4.57. The predicted octanol–water partition coefficient (Wildman–Crippen LogP) is 0.927. The van der Waals surface area contributed by atoms with Gasteiger partial charge in [0.2, 0.25) is 5.13 Å². The number of aromatic nitrogens is 2. The zero-order chi connectivity index (χ0) is 10.7. The minimum absolute atomic E-state index is 0.0548. The molecule has 0 aliphatic carbocycles. The minimum atomic E-state index is -0.0908. The number of anilines is 1. The molecule has 6 heteroatoms. The van der Waals surface area contributed by atoms with Gasteiger partial charge in [0.15, 0.2) is 0 Å². The number of piperidine rings is 1. The Labute approximate surface area is 92.1 Å². The maximum Gasteiger partial charge on any atom is 0.308 e. The summed E-state index contributed by atoms with van der Waals surface area (Å²) in [4.78, 5) is 13.5. The van der Waals surface area contributed by atoms with Crippen LogP contribution in [0.1, 0.15) is 12.8 Å². The molecule has 5 nitrogen and oxygen atoms in total. The van der Waals surface area contributed by atoms with Crippen LogP contribution in [0, 0.1) is 5.92 Å². The summed E-state index contributed by atoms with van der Waals surface area (Å²) in [6, 6.07) is 0. The summed E-state index contributed by atoms with van der Waals surface area (Å²) in [5.74, 6) is -0.0360. The van der Waals surface area contributed by atoms with E-state index in [1.165, 1.54) is 18.4 Å². The van der Waals surface area contributed by atoms with Gasteiger partial charge in [-0.15, -0.1) is 10.2 Å². The van der Waals surface area contributed by atoms with E-state index in [2.05, 4.69) is 15.1 Å². The SMILES string of the molecule is COC(=O)C1CCN(c2nncs2)CC1. The van der Waals surface area contributed by atoms with E-state index in [1.807, 2.05) is 0 Å². The lowest BCUT2D eigenvalue weighted by molar-refractivity contribution is -0.146. The number of carbonyl (C=O) groups is 1. The maximum atomic E-state index is 11.3. The van der Waals surface area contributed by atoms with E-state index < -0.39 is 0 Å². The normalized spacial score (nSPS) is 17.8. The number of hydrogen-bond acceptors (Lipinski definition) is 6. The second-order valence-electron chi connectivity index (χ2n) is 3.51. The van der Waals surface area contributed by atoms with Crippen LogP contribution in [0.25, 0.3) is 0 Å². The Kier molecular flexibility index (Phi) is 3.15. The molecule has 1 aliphatic rings. The van der Waals surface area contributed by atoms with Crippen molar-refractivity contribution in [2.75, 3.05) is 25.1 Å². The van der Waals surface area contributed by atoms with Crippen molar-refractivity contribution in [3.8, 4) is 0 Å². The fourth-order valence-corrected chi connectivity index (χ4v) is 2.39. The molecule has 1 fully saturated rings. The average Bonchev–Trinajstić information content (AvgIpc) is 2.82. The first-order chi connectivity index (χ1) is 7.31. The van der Waals surface area contributed by atoms with Crippen molar-refractivity contribution in [2.45, 2.75) is 12.8 Å². The first-order valence-corrected chi connectivity index (χ1v) is 5.78. The number of ether oxygens (including phenoxy) is 1. The summed E-state index contributed by atoms with van der Waals surface area (Å²) >= 11 is 1.53. The van der Waals surface area contributed by atoms with Crippen LogP contribution in [0.3, 0.4) is 0 Å². The van der Waals surface area contributed by atoms with Crippen LogP contribution in [-0.4, -0.2) is 36.4 Å². The molecule has 0 spiro atoms. The number of hydrogen-bond donors (Lipinski definition) is 0. The standard InChI is InChI=1S/C9H13N3O2S/c1-14-8(13)7-2-4-12(5-3-7)9-11-10-6-15-9/h6-7H,2-5H2,1H3. The lowest BCUT2D eigenvalue weighted by Gasteiger charge is -2.29. The van der Waals surface area contributed by atoms with E-state index in [9.17, 15) is 4.79 Å². The Morgan fingerprint density at radius 1 is 1.60 bits per heavy atom. The van der Waals surface area contributed by atoms with Crippen molar-refractivity contribution in [3.63, 3.8) is 0 Å². The Morgan fingerprint density at radius 2 is 2.33 bits per heavy atom. The number of esters is 1. The number of rotatable bonds is 2. The van der Waals surface area contributed by atoms with Gasteiger partial charge < -0.3 is 9.64 Å². The molecule has 0 bridgehead atoms.